The van der Waals surface area contributed by atoms with Crippen LogP contribution in [0.4, 0.5) is 0 Å². The van der Waals surface area contributed by atoms with Gasteiger partial charge in [-0.05, 0) is 35.2 Å². The van der Waals surface area contributed by atoms with E-state index < -0.39 is 0 Å². The topological polar surface area (TPSA) is 0 Å². The summed E-state index contributed by atoms with van der Waals surface area (Å²) in [6, 6.07) is 14.6. The van der Waals surface area contributed by atoms with Crippen LogP contribution in [-0.4, -0.2) is 0 Å². The second-order valence-corrected chi connectivity index (χ2v) is 5.30. The molecule has 0 fully saturated rings. The molecule has 1 aliphatic rings. The summed E-state index contributed by atoms with van der Waals surface area (Å²) in [5, 5.41) is 4.07. The number of benzene rings is 2. The van der Waals surface area contributed by atoms with Gasteiger partial charge in [0.2, 0.25) is 0 Å². The molecular weight excluding hydrogens is 263 g/mol. The molecule has 3 rings (SSSR count). The van der Waals surface area contributed by atoms with Crippen molar-refractivity contribution < 1.29 is 0 Å². The van der Waals surface area contributed by atoms with Crippen LogP contribution in [0.5, 0.6) is 0 Å². The summed E-state index contributed by atoms with van der Waals surface area (Å²) in [6.07, 6.45) is 3.84. The van der Waals surface area contributed by atoms with Crippen LogP contribution in [-0.2, 0) is 0 Å². The van der Waals surface area contributed by atoms with E-state index in [0.717, 1.165) is 34.0 Å². The van der Waals surface area contributed by atoms with Gasteiger partial charge in [-0.2, -0.15) is 0 Å². The first-order valence-electron chi connectivity index (χ1n) is 5.99. The fraction of sp³-hybridized carbons (Fsp3) is 0.125. The second kappa shape index (κ2) is 4.79. The van der Waals surface area contributed by atoms with Gasteiger partial charge in [0, 0.05) is 15.6 Å². The van der Waals surface area contributed by atoms with Gasteiger partial charge in [-0.25, -0.2) is 0 Å². The highest BCUT2D eigenvalue weighted by Gasteiger charge is 2.15. The predicted octanol–water partition coefficient (Wildman–Crippen LogP) is 5.71. The molecule has 2 aromatic carbocycles. The minimum atomic E-state index is 0.765. The summed E-state index contributed by atoms with van der Waals surface area (Å²) in [5.41, 5.74) is 2.08. The van der Waals surface area contributed by atoms with E-state index in [1.165, 1.54) is 10.8 Å². The van der Waals surface area contributed by atoms with Gasteiger partial charge in [-0.15, -0.1) is 0 Å². The van der Waals surface area contributed by atoms with Crippen molar-refractivity contribution in [3.63, 3.8) is 0 Å². The lowest BCUT2D eigenvalue weighted by atomic mass is 9.96. The summed E-state index contributed by atoms with van der Waals surface area (Å²) in [5.74, 6) is 0. The number of hydrogen-bond acceptors (Lipinski definition) is 0. The standard InChI is InChI=1S/C16H12Cl2/c17-14-6-3-7-15(18)16(14)13-9-8-11-4-1-2-5-12(11)10-13/h1-2,4-6,8-10H,3,7H2. The Morgan fingerprint density at radius 2 is 1.67 bits per heavy atom. The molecule has 1 aliphatic carbocycles. The second-order valence-electron chi connectivity index (χ2n) is 4.43. The van der Waals surface area contributed by atoms with Crippen molar-refractivity contribution in [2.45, 2.75) is 12.8 Å². The highest BCUT2D eigenvalue weighted by Crippen LogP contribution is 2.38. The largest absolute Gasteiger partial charge is 0.0884 e. The van der Waals surface area contributed by atoms with Gasteiger partial charge in [0.1, 0.15) is 0 Å². The number of rotatable bonds is 1. The lowest BCUT2D eigenvalue weighted by Crippen LogP contribution is -1.94. The molecule has 0 nitrogen and oxygen atoms in total. The average Bonchev–Trinajstić information content (AvgIpc) is 2.38. The van der Waals surface area contributed by atoms with Crippen LogP contribution in [0.1, 0.15) is 18.4 Å². The fourth-order valence-electron chi connectivity index (χ4n) is 2.32. The maximum Gasteiger partial charge on any atom is 0.0456 e. The van der Waals surface area contributed by atoms with Crippen molar-refractivity contribution in [2.24, 2.45) is 0 Å². The fourth-order valence-corrected chi connectivity index (χ4v) is 3.02. The van der Waals surface area contributed by atoms with Crippen molar-refractivity contribution >= 4 is 39.5 Å². The van der Waals surface area contributed by atoms with Gasteiger partial charge in [0.15, 0.2) is 0 Å². The lowest BCUT2D eigenvalue weighted by Gasteiger charge is -2.15. The maximum atomic E-state index is 6.32. The summed E-state index contributed by atoms with van der Waals surface area (Å²) < 4.78 is 0. The summed E-state index contributed by atoms with van der Waals surface area (Å²) >= 11 is 12.6. The first-order valence-corrected chi connectivity index (χ1v) is 6.75. The molecule has 2 heteroatoms. The number of hydrogen-bond donors (Lipinski definition) is 0. The van der Waals surface area contributed by atoms with Gasteiger partial charge in [-0.1, -0.05) is 65.7 Å². The van der Waals surface area contributed by atoms with Crippen molar-refractivity contribution in [2.75, 3.05) is 0 Å². The van der Waals surface area contributed by atoms with Gasteiger partial charge in [0.05, 0.1) is 0 Å². The number of allylic oxidation sites excluding steroid dienone is 4. The van der Waals surface area contributed by atoms with E-state index in [4.69, 9.17) is 23.2 Å². The molecule has 0 aromatic heterocycles. The zero-order chi connectivity index (χ0) is 12.5. The molecule has 0 amide bonds. The average molecular weight is 275 g/mol. The van der Waals surface area contributed by atoms with Gasteiger partial charge in [0.25, 0.3) is 0 Å². The smallest absolute Gasteiger partial charge is 0.0456 e. The Morgan fingerprint density at radius 1 is 0.889 bits per heavy atom. The Morgan fingerprint density at radius 3 is 2.44 bits per heavy atom. The molecule has 0 N–H and O–H groups in total. The van der Waals surface area contributed by atoms with Crippen molar-refractivity contribution in [1.29, 1.82) is 0 Å². The lowest BCUT2D eigenvalue weighted by molar-refractivity contribution is 1.02. The van der Waals surface area contributed by atoms with Crippen LogP contribution < -0.4 is 0 Å². The monoisotopic (exact) mass is 274 g/mol. The molecule has 0 bridgehead atoms. The first-order chi connectivity index (χ1) is 8.75. The van der Waals surface area contributed by atoms with E-state index >= 15 is 0 Å². The molecule has 90 valence electrons. The van der Waals surface area contributed by atoms with Gasteiger partial charge in [-0.3, -0.25) is 0 Å². The van der Waals surface area contributed by atoms with Crippen LogP contribution in [0.3, 0.4) is 0 Å². The van der Waals surface area contributed by atoms with Crippen LogP contribution in [0.25, 0.3) is 16.3 Å². The third kappa shape index (κ3) is 2.07. The summed E-state index contributed by atoms with van der Waals surface area (Å²) in [4.78, 5) is 0. The quantitative estimate of drug-likeness (QED) is 0.625. The SMILES string of the molecule is ClC1=CCCC(Cl)=C1c1ccc2ccccc2c1. The number of halogens is 2. The summed E-state index contributed by atoms with van der Waals surface area (Å²) in [7, 11) is 0. The highest BCUT2D eigenvalue weighted by molar-refractivity contribution is 6.42. The third-order valence-electron chi connectivity index (χ3n) is 3.24. The Balaban J connectivity index is 2.17. The van der Waals surface area contributed by atoms with E-state index in [2.05, 4.69) is 30.3 Å². The zero-order valence-corrected chi connectivity index (χ0v) is 11.3. The molecule has 2 aromatic rings. The molecule has 18 heavy (non-hydrogen) atoms. The third-order valence-corrected chi connectivity index (χ3v) is 3.96. The minimum Gasteiger partial charge on any atom is -0.0884 e. The van der Waals surface area contributed by atoms with E-state index in [1.807, 2.05) is 18.2 Å². The minimum absolute atomic E-state index is 0.765. The van der Waals surface area contributed by atoms with Gasteiger partial charge >= 0.3 is 0 Å². The molecule has 0 radical (unpaired) electrons. The van der Waals surface area contributed by atoms with Crippen LogP contribution in [0, 0.1) is 0 Å². The maximum absolute atomic E-state index is 6.32. The van der Waals surface area contributed by atoms with Crippen LogP contribution in [0.2, 0.25) is 0 Å². The molecule has 0 saturated carbocycles. The van der Waals surface area contributed by atoms with E-state index in [9.17, 15) is 0 Å². The Hall–Kier alpha value is -1.24. The van der Waals surface area contributed by atoms with Crippen LogP contribution >= 0.6 is 23.2 Å². The molecule has 0 spiro atoms. The van der Waals surface area contributed by atoms with Crippen molar-refractivity contribution in [3.05, 3.63) is 64.2 Å². The van der Waals surface area contributed by atoms with E-state index in [1.54, 1.807) is 0 Å². The Kier molecular flexibility index (Phi) is 3.15. The normalized spacial score (nSPS) is 16.0. The molecule has 0 atom stereocenters. The molecule has 0 heterocycles. The molecular formula is C16H12Cl2. The van der Waals surface area contributed by atoms with E-state index in [-0.39, 0.29) is 0 Å². The van der Waals surface area contributed by atoms with Gasteiger partial charge < -0.3 is 0 Å². The summed E-state index contributed by atoms with van der Waals surface area (Å²) in [6.45, 7) is 0. The highest BCUT2D eigenvalue weighted by atomic mass is 35.5. The zero-order valence-electron chi connectivity index (χ0n) is 9.79. The Labute approximate surface area is 117 Å². The van der Waals surface area contributed by atoms with Crippen molar-refractivity contribution in [1.82, 2.24) is 0 Å². The first kappa shape index (κ1) is 11.8. The van der Waals surface area contributed by atoms with Crippen LogP contribution in [0.15, 0.2) is 58.6 Å². The molecule has 0 saturated heterocycles. The van der Waals surface area contributed by atoms with E-state index in [0.29, 0.717) is 0 Å². The predicted molar refractivity (Wildman–Crippen MR) is 79.9 cm³/mol. The van der Waals surface area contributed by atoms with Crippen molar-refractivity contribution in [3.8, 4) is 0 Å². The Bertz CT molecular complexity index is 666. The number of fused-ring (bicyclic) bond motifs is 1. The molecule has 0 unspecified atom stereocenters. The molecule has 0 aliphatic heterocycles.